The first-order valence-electron chi connectivity index (χ1n) is 5.47. The summed E-state index contributed by atoms with van der Waals surface area (Å²) in [5.74, 6) is 0. The van der Waals surface area contributed by atoms with Crippen LogP contribution < -0.4 is 28.4 Å². The molecule has 4 nitrogen and oxygen atoms in total. The SMILES string of the molecule is NC(N)[n+]1c2ccccc2nc2ccccc21.[Cl-]. The van der Waals surface area contributed by atoms with Crippen molar-refractivity contribution in [1.82, 2.24) is 4.98 Å². The Balaban J connectivity index is 0.00000120. The van der Waals surface area contributed by atoms with Gasteiger partial charge < -0.3 is 12.4 Å². The lowest BCUT2D eigenvalue weighted by atomic mass is 10.2. The molecular formula is C13H13ClN4. The van der Waals surface area contributed by atoms with Crippen molar-refractivity contribution in [3.63, 3.8) is 0 Å². The Morgan fingerprint density at radius 2 is 1.28 bits per heavy atom. The normalized spacial score (nSPS) is 10.8. The molecular weight excluding hydrogens is 248 g/mol. The summed E-state index contributed by atoms with van der Waals surface area (Å²) in [5.41, 5.74) is 15.4. The Labute approximate surface area is 111 Å². The molecule has 18 heavy (non-hydrogen) atoms. The lowest BCUT2D eigenvalue weighted by Gasteiger charge is -2.07. The van der Waals surface area contributed by atoms with Crippen molar-refractivity contribution in [2.75, 3.05) is 0 Å². The molecule has 0 aliphatic rings. The molecule has 4 N–H and O–H groups in total. The molecule has 0 bridgehead atoms. The molecule has 5 heteroatoms. The van der Waals surface area contributed by atoms with Crippen LogP contribution >= 0.6 is 0 Å². The Hall–Kier alpha value is -1.75. The summed E-state index contributed by atoms with van der Waals surface area (Å²) in [5, 5.41) is 0. The highest BCUT2D eigenvalue weighted by Gasteiger charge is 2.18. The highest BCUT2D eigenvalue weighted by molar-refractivity contribution is 5.81. The van der Waals surface area contributed by atoms with Crippen molar-refractivity contribution in [3.05, 3.63) is 48.5 Å². The number of rotatable bonds is 1. The molecule has 0 atom stereocenters. The van der Waals surface area contributed by atoms with E-state index in [2.05, 4.69) is 4.98 Å². The topological polar surface area (TPSA) is 68.8 Å². The number of aromatic nitrogens is 2. The van der Waals surface area contributed by atoms with Gasteiger partial charge in [0, 0.05) is 12.1 Å². The van der Waals surface area contributed by atoms with Crippen LogP contribution in [0.5, 0.6) is 0 Å². The Bertz CT molecular complexity index is 643. The van der Waals surface area contributed by atoms with Crippen molar-refractivity contribution in [1.29, 1.82) is 0 Å². The van der Waals surface area contributed by atoms with Crippen LogP contribution in [0.4, 0.5) is 0 Å². The third kappa shape index (κ3) is 1.90. The fourth-order valence-corrected chi connectivity index (χ4v) is 2.11. The predicted octanol–water partition coefficient (Wildman–Crippen LogP) is -1.95. The van der Waals surface area contributed by atoms with E-state index in [1.165, 1.54) is 0 Å². The van der Waals surface area contributed by atoms with Crippen molar-refractivity contribution in [2.45, 2.75) is 6.29 Å². The van der Waals surface area contributed by atoms with Gasteiger partial charge in [-0.05, 0) is 12.1 Å². The first kappa shape index (κ1) is 12.7. The van der Waals surface area contributed by atoms with Crippen LogP contribution in [-0.4, -0.2) is 4.98 Å². The monoisotopic (exact) mass is 260 g/mol. The second-order valence-corrected chi connectivity index (χ2v) is 3.95. The molecule has 3 rings (SSSR count). The third-order valence-electron chi connectivity index (χ3n) is 2.82. The smallest absolute Gasteiger partial charge is 0.266 e. The van der Waals surface area contributed by atoms with Crippen LogP contribution in [0.1, 0.15) is 6.29 Å². The van der Waals surface area contributed by atoms with Crippen molar-refractivity contribution in [3.8, 4) is 0 Å². The van der Waals surface area contributed by atoms with Gasteiger partial charge in [-0.2, -0.15) is 4.57 Å². The van der Waals surface area contributed by atoms with Gasteiger partial charge in [0.1, 0.15) is 11.0 Å². The second kappa shape index (κ2) is 4.86. The largest absolute Gasteiger partial charge is 1.00 e. The molecule has 1 heterocycles. The summed E-state index contributed by atoms with van der Waals surface area (Å²) in [6.07, 6.45) is -0.576. The summed E-state index contributed by atoms with van der Waals surface area (Å²) in [6, 6.07) is 15.7. The number of nitrogens with zero attached hydrogens (tertiary/aromatic N) is 2. The van der Waals surface area contributed by atoms with Gasteiger partial charge in [0.15, 0.2) is 0 Å². The van der Waals surface area contributed by atoms with E-state index in [4.69, 9.17) is 11.5 Å². The van der Waals surface area contributed by atoms with Gasteiger partial charge in [-0.25, -0.2) is 4.98 Å². The van der Waals surface area contributed by atoms with Crippen LogP contribution in [0, 0.1) is 0 Å². The standard InChI is InChI=1S/C13H13N4.ClH/c14-13(15)17-11-7-3-1-5-9(11)16-10-6-2-4-8-12(10)17;/h1-8,13H,14-15H2;1H/q+1;/p-1. The highest BCUT2D eigenvalue weighted by Crippen LogP contribution is 2.14. The van der Waals surface area contributed by atoms with Gasteiger partial charge >= 0.3 is 0 Å². The van der Waals surface area contributed by atoms with E-state index in [1.54, 1.807) is 0 Å². The van der Waals surface area contributed by atoms with Gasteiger partial charge in [0.25, 0.3) is 6.29 Å². The number of benzene rings is 2. The van der Waals surface area contributed by atoms with Gasteiger partial charge in [0.05, 0.1) is 0 Å². The molecule has 0 saturated carbocycles. The molecule has 0 unspecified atom stereocenters. The molecule has 0 amide bonds. The minimum absolute atomic E-state index is 0. The van der Waals surface area contributed by atoms with E-state index in [-0.39, 0.29) is 12.4 Å². The average Bonchev–Trinajstić information content (AvgIpc) is 2.35. The van der Waals surface area contributed by atoms with Crippen LogP contribution in [0.25, 0.3) is 22.1 Å². The van der Waals surface area contributed by atoms with Crippen molar-refractivity contribution in [2.24, 2.45) is 11.5 Å². The number of halogens is 1. The fourth-order valence-electron chi connectivity index (χ4n) is 2.11. The Morgan fingerprint density at radius 3 is 1.72 bits per heavy atom. The summed E-state index contributed by atoms with van der Waals surface area (Å²) in [7, 11) is 0. The number of para-hydroxylation sites is 4. The third-order valence-corrected chi connectivity index (χ3v) is 2.82. The molecule has 0 aliphatic carbocycles. The predicted molar refractivity (Wildman–Crippen MR) is 66.9 cm³/mol. The molecule has 0 radical (unpaired) electrons. The zero-order valence-corrected chi connectivity index (χ0v) is 10.4. The van der Waals surface area contributed by atoms with Gasteiger partial charge in [-0.15, -0.1) is 0 Å². The van der Waals surface area contributed by atoms with E-state index in [9.17, 15) is 0 Å². The first-order valence-corrected chi connectivity index (χ1v) is 5.47. The number of fused-ring (bicyclic) bond motifs is 2. The maximum absolute atomic E-state index is 5.86. The van der Waals surface area contributed by atoms with Crippen LogP contribution in [0.2, 0.25) is 0 Å². The zero-order valence-electron chi connectivity index (χ0n) is 9.62. The van der Waals surface area contributed by atoms with Crippen molar-refractivity contribution < 1.29 is 17.0 Å². The molecule has 3 aromatic rings. The summed E-state index contributed by atoms with van der Waals surface area (Å²) >= 11 is 0. The van der Waals surface area contributed by atoms with Crippen LogP contribution in [0.3, 0.4) is 0 Å². The van der Waals surface area contributed by atoms with E-state index < -0.39 is 6.29 Å². The molecule has 0 fully saturated rings. The zero-order chi connectivity index (χ0) is 11.8. The summed E-state index contributed by atoms with van der Waals surface area (Å²) in [4.78, 5) is 4.59. The highest BCUT2D eigenvalue weighted by atomic mass is 35.5. The Morgan fingerprint density at radius 1 is 0.833 bits per heavy atom. The maximum Gasteiger partial charge on any atom is 0.266 e. The lowest BCUT2D eigenvalue weighted by molar-refractivity contribution is -0.672. The first-order chi connectivity index (χ1) is 8.27. The number of hydrogen-bond acceptors (Lipinski definition) is 3. The molecule has 92 valence electrons. The minimum atomic E-state index is -0.576. The minimum Gasteiger partial charge on any atom is -1.00 e. The van der Waals surface area contributed by atoms with Crippen LogP contribution in [0.15, 0.2) is 48.5 Å². The van der Waals surface area contributed by atoms with Crippen LogP contribution in [-0.2, 0) is 0 Å². The lowest BCUT2D eigenvalue weighted by Crippen LogP contribution is -3.00. The molecule has 0 spiro atoms. The van der Waals surface area contributed by atoms with Gasteiger partial charge in [-0.3, -0.25) is 11.5 Å². The average molecular weight is 261 g/mol. The summed E-state index contributed by atoms with van der Waals surface area (Å²) in [6.45, 7) is 0. The number of nitrogens with two attached hydrogens (primary N) is 2. The van der Waals surface area contributed by atoms with Gasteiger partial charge in [0.2, 0.25) is 11.0 Å². The quantitative estimate of drug-likeness (QED) is 0.304. The fraction of sp³-hybridized carbons (Fsp3) is 0.0769. The molecule has 0 saturated heterocycles. The second-order valence-electron chi connectivity index (χ2n) is 3.95. The van der Waals surface area contributed by atoms with E-state index >= 15 is 0 Å². The van der Waals surface area contributed by atoms with Crippen molar-refractivity contribution >= 4 is 22.1 Å². The van der Waals surface area contributed by atoms with E-state index in [0.29, 0.717) is 0 Å². The van der Waals surface area contributed by atoms with E-state index in [0.717, 1.165) is 22.1 Å². The summed E-state index contributed by atoms with van der Waals surface area (Å²) < 4.78 is 1.90. The molecule has 1 aromatic heterocycles. The Kier molecular flexibility index (Phi) is 3.43. The maximum atomic E-state index is 5.86. The number of hydrogen-bond donors (Lipinski definition) is 2. The van der Waals surface area contributed by atoms with Gasteiger partial charge in [-0.1, -0.05) is 24.3 Å². The van der Waals surface area contributed by atoms with E-state index in [1.807, 2.05) is 53.1 Å². The molecule has 2 aromatic carbocycles. The molecule has 0 aliphatic heterocycles.